The number of carbonyl (C=O) groups excluding carboxylic acids is 4. The zero-order valence-corrected chi connectivity index (χ0v) is 21.2. The number of imide groups is 1. The lowest BCUT2D eigenvalue weighted by Crippen LogP contribution is -2.53. The first-order chi connectivity index (χ1) is 19.0. The fraction of sp³-hybridized carbons (Fsp3) is 0.250. The SMILES string of the molecule is O=C(Nc1ccc2c(c1)C(=O)c1ccccc1-2)N[C@H](Cc1ccccc1)N1C(=O)[C@@H]2[C@@H](C1=O)[C@H]1C=C[C@H]2CC1. The second-order valence-electron chi connectivity index (χ2n) is 10.8. The maximum atomic E-state index is 13.6. The Kier molecular flexibility index (Phi) is 5.47. The quantitative estimate of drug-likeness (QED) is 0.294. The second kappa shape index (κ2) is 9.05. The number of hydrogen-bond acceptors (Lipinski definition) is 4. The number of rotatable bonds is 5. The van der Waals surface area contributed by atoms with E-state index in [0.717, 1.165) is 29.5 Å². The summed E-state index contributed by atoms with van der Waals surface area (Å²) in [6.45, 7) is 0. The zero-order valence-electron chi connectivity index (χ0n) is 21.2. The molecule has 2 bridgehead atoms. The summed E-state index contributed by atoms with van der Waals surface area (Å²) in [6, 6.07) is 21.7. The Morgan fingerprint density at radius 2 is 1.38 bits per heavy atom. The van der Waals surface area contributed by atoms with E-state index in [-0.39, 0.29) is 41.3 Å². The summed E-state index contributed by atoms with van der Waals surface area (Å²) >= 11 is 0. The lowest BCUT2D eigenvalue weighted by molar-refractivity contribution is -0.143. The van der Waals surface area contributed by atoms with E-state index in [4.69, 9.17) is 0 Å². The van der Waals surface area contributed by atoms with Crippen molar-refractivity contribution in [1.29, 1.82) is 0 Å². The molecule has 3 aromatic rings. The lowest BCUT2D eigenvalue weighted by atomic mass is 9.63. The third kappa shape index (κ3) is 3.80. The van der Waals surface area contributed by atoms with Crippen LogP contribution < -0.4 is 10.6 Å². The molecule has 1 aliphatic heterocycles. The van der Waals surface area contributed by atoms with E-state index in [1.54, 1.807) is 18.2 Å². The Balaban J connectivity index is 1.14. The van der Waals surface area contributed by atoms with Crippen LogP contribution >= 0.6 is 0 Å². The summed E-state index contributed by atoms with van der Waals surface area (Å²) in [7, 11) is 0. The van der Waals surface area contributed by atoms with Crippen LogP contribution in [0.4, 0.5) is 10.5 Å². The molecule has 0 spiro atoms. The van der Waals surface area contributed by atoms with Crippen molar-refractivity contribution in [3.05, 3.63) is 102 Å². The third-order valence-corrected chi connectivity index (χ3v) is 8.66. The fourth-order valence-electron chi connectivity index (χ4n) is 6.87. The number of nitrogens with zero attached hydrogens (tertiary/aromatic N) is 1. The van der Waals surface area contributed by atoms with Gasteiger partial charge in [-0.1, -0.05) is 72.8 Å². The largest absolute Gasteiger partial charge is 0.320 e. The minimum absolute atomic E-state index is 0.0701. The van der Waals surface area contributed by atoms with Crippen molar-refractivity contribution in [3.8, 4) is 11.1 Å². The summed E-state index contributed by atoms with van der Waals surface area (Å²) in [5.41, 5.74) is 4.26. The van der Waals surface area contributed by atoms with E-state index in [0.29, 0.717) is 23.2 Å². The van der Waals surface area contributed by atoms with E-state index < -0.39 is 12.2 Å². The molecule has 194 valence electrons. The molecule has 2 N–H and O–H groups in total. The van der Waals surface area contributed by atoms with Gasteiger partial charge in [-0.25, -0.2) is 4.79 Å². The molecular formula is C32H27N3O4. The zero-order chi connectivity index (χ0) is 26.7. The van der Waals surface area contributed by atoms with Crippen LogP contribution in [0.3, 0.4) is 0 Å². The van der Waals surface area contributed by atoms with Gasteiger partial charge in [0, 0.05) is 23.2 Å². The maximum Gasteiger partial charge on any atom is 0.320 e. The van der Waals surface area contributed by atoms with Crippen molar-refractivity contribution in [1.82, 2.24) is 10.2 Å². The van der Waals surface area contributed by atoms with Crippen molar-refractivity contribution in [2.24, 2.45) is 23.7 Å². The first-order valence-corrected chi connectivity index (χ1v) is 13.4. The molecule has 3 aromatic carbocycles. The van der Waals surface area contributed by atoms with Crippen LogP contribution in [0, 0.1) is 23.7 Å². The molecule has 5 atom stereocenters. The van der Waals surface area contributed by atoms with Gasteiger partial charge in [-0.15, -0.1) is 0 Å². The van der Waals surface area contributed by atoms with Crippen LogP contribution in [0.1, 0.15) is 34.3 Å². The Labute approximate surface area is 225 Å². The lowest BCUT2D eigenvalue weighted by Gasteiger charge is -2.38. The predicted molar refractivity (Wildman–Crippen MR) is 146 cm³/mol. The number of urea groups is 1. The Hall–Kier alpha value is -4.52. The van der Waals surface area contributed by atoms with E-state index in [2.05, 4.69) is 22.8 Å². The predicted octanol–water partition coefficient (Wildman–Crippen LogP) is 4.79. The molecule has 7 nitrogen and oxygen atoms in total. The van der Waals surface area contributed by atoms with E-state index in [1.807, 2.05) is 54.6 Å². The number of amides is 4. The smallest absolute Gasteiger partial charge is 0.317 e. The summed E-state index contributed by atoms with van der Waals surface area (Å²) in [4.78, 5) is 54.8. The molecule has 0 radical (unpaired) electrons. The molecule has 0 unspecified atom stereocenters. The standard InChI is InChI=1S/C32H27N3O4/c36-29-24-9-5-4-8-22(24)23-15-14-21(17-25(23)29)33-32(39)34-26(16-18-6-2-1-3-7-18)35-30(37)27-19-10-11-20(13-12-19)28(27)31(35)38/h1-11,14-15,17,19-20,26-28H,12-13,16H2,(H2,33,34,39)/t19-,20-,26-,27-,28-/m0/s1. The highest BCUT2D eigenvalue weighted by Gasteiger charge is 2.58. The molecule has 4 aliphatic carbocycles. The molecule has 1 heterocycles. The average Bonchev–Trinajstić information content (AvgIpc) is 3.41. The van der Waals surface area contributed by atoms with Crippen molar-refractivity contribution in [2.75, 3.05) is 5.32 Å². The Morgan fingerprint density at radius 3 is 2.05 bits per heavy atom. The number of ketones is 1. The highest BCUT2D eigenvalue weighted by atomic mass is 16.2. The third-order valence-electron chi connectivity index (χ3n) is 8.66. The first-order valence-electron chi connectivity index (χ1n) is 13.4. The number of anilines is 1. The summed E-state index contributed by atoms with van der Waals surface area (Å²) in [5, 5.41) is 5.72. The summed E-state index contributed by atoms with van der Waals surface area (Å²) in [6.07, 6.45) is 5.46. The molecule has 2 fully saturated rings. The van der Waals surface area contributed by atoms with Crippen LogP contribution in [0.15, 0.2) is 84.9 Å². The summed E-state index contributed by atoms with van der Waals surface area (Å²) < 4.78 is 0. The van der Waals surface area contributed by atoms with Crippen molar-refractivity contribution in [3.63, 3.8) is 0 Å². The number of fused-ring (bicyclic) bond motifs is 4. The number of allylic oxidation sites excluding steroid dienone is 2. The number of carbonyl (C=O) groups is 4. The van der Waals surface area contributed by atoms with Gasteiger partial charge in [0.2, 0.25) is 11.8 Å². The number of likely N-dealkylation sites (tertiary alicyclic amines) is 1. The topological polar surface area (TPSA) is 95.6 Å². The highest BCUT2D eigenvalue weighted by molar-refractivity contribution is 6.22. The van der Waals surface area contributed by atoms with Crippen molar-refractivity contribution >= 4 is 29.3 Å². The van der Waals surface area contributed by atoms with E-state index in [9.17, 15) is 19.2 Å². The summed E-state index contributed by atoms with van der Waals surface area (Å²) in [5.74, 6) is -1.05. The molecule has 0 aromatic heterocycles. The molecule has 5 aliphatic rings. The molecule has 8 rings (SSSR count). The minimum atomic E-state index is -0.835. The van der Waals surface area contributed by atoms with Gasteiger partial charge < -0.3 is 10.6 Å². The Bertz CT molecular complexity index is 1530. The number of benzene rings is 3. The van der Waals surface area contributed by atoms with E-state index >= 15 is 0 Å². The van der Waals surface area contributed by atoms with Crippen LogP contribution in [0.5, 0.6) is 0 Å². The molecule has 39 heavy (non-hydrogen) atoms. The second-order valence-corrected chi connectivity index (χ2v) is 10.8. The van der Waals surface area contributed by atoms with Crippen LogP contribution in [-0.2, 0) is 16.0 Å². The first kappa shape index (κ1) is 23.6. The molecular weight excluding hydrogens is 490 g/mol. The monoisotopic (exact) mass is 517 g/mol. The van der Waals surface area contributed by atoms with Gasteiger partial charge >= 0.3 is 6.03 Å². The van der Waals surface area contributed by atoms with Crippen molar-refractivity contribution in [2.45, 2.75) is 25.4 Å². The molecule has 7 heteroatoms. The van der Waals surface area contributed by atoms with Gasteiger partial charge in [0.1, 0.15) is 6.17 Å². The molecule has 1 saturated carbocycles. The van der Waals surface area contributed by atoms with Crippen LogP contribution in [0.2, 0.25) is 0 Å². The normalized spacial score (nSPS) is 24.8. The number of nitrogens with one attached hydrogen (secondary N) is 2. The van der Waals surface area contributed by atoms with Crippen LogP contribution in [0.25, 0.3) is 11.1 Å². The fourth-order valence-corrected chi connectivity index (χ4v) is 6.87. The van der Waals surface area contributed by atoms with Gasteiger partial charge in [0.05, 0.1) is 11.8 Å². The van der Waals surface area contributed by atoms with Gasteiger partial charge in [-0.2, -0.15) is 0 Å². The maximum absolute atomic E-state index is 13.6. The average molecular weight is 518 g/mol. The highest BCUT2D eigenvalue weighted by Crippen LogP contribution is 2.50. The molecule has 1 saturated heterocycles. The Morgan fingerprint density at radius 1 is 0.769 bits per heavy atom. The van der Waals surface area contributed by atoms with E-state index in [1.165, 1.54) is 4.90 Å². The van der Waals surface area contributed by atoms with Gasteiger partial charge in [-0.05, 0) is 53.5 Å². The minimum Gasteiger partial charge on any atom is -0.317 e. The van der Waals surface area contributed by atoms with Gasteiger partial charge in [-0.3, -0.25) is 19.3 Å². The molecule has 4 amide bonds. The number of hydrogen-bond donors (Lipinski definition) is 2. The van der Waals surface area contributed by atoms with Crippen molar-refractivity contribution < 1.29 is 19.2 Å². The van der Waals surface area contributed by atoms with Crippen LogP contribution in [-0.4, -0.2) is 34.7 Å². The van der Waals surface area contributed by atoms with Gasteiger partial charge in [0.25, 0.3) is 0 Å². The van der Waals surface area contributed by atoms with Gasteiger partial charge in [0.15, 0.2) is 5.78 Å².